The number of rotatable bonds is 6. The van der Waals surface area contributed by atoms with E-state index in [1.807, 2.05) is 0 Å². The minimum Gasteiger partial charge on any atom is -0.385 e. The molecule has 0 spiro atoms. The van der Waals surface area contributed by atoms with Crippen LogP contribution in [0.15, 0.2) is 30.5 Å². The molecule has 1 heterocycles. The van der Waals surface area contributed by atoms with E-state index in [-0.39, 0.29) is 6.54 Å². The van der Waals surface area contributed by atoms with Gasteiger partial charge in [0.1, 0.15) is 0 Å². The summed E-state index contributed by atoms with van der Waals surface area (Å²) in [7, 11) is 2.77. The van der Waals surface area contributed by atoms with Crippen molar-refractivity contribution in [3.05, 3.63) is 47.3 Å². The predicted octanol–water partition coefficient (Wildman–Crippen LogP) is 4.02. The van der Waals surface area contributed by atoms with E-state index in [2.05, 4.69) is 5.10 Å². The molecule has 0 aliphatic carbocycles. The van der Waals surface area contributed by atoms with Crippen LogP contribution in [0.3, 0.4) is 0 Å². The average Bonchev–Trinajstić information content (AvgIpc) is 3.06. The zero-order chi connectivity index (χ0) is 21.1. The number of hydrogen-bond donors (Lipinski definition) is 0. The van der Waals surface area contributed by atoms with Crippen LogP contribution in [0, 0.1) is 0 Å². The average molecular weight is 409 g/mol. The summed E-state index contributed by atoms with van der Waals surface area (Å²) in [6.45, 7) is 0.450. The quantitative estimate of drug-likeness (QED) is 0.535. The highest BCUT2D eigenvalue weighted by Crippen LogP contribution is 2.35. The Labute approximate surface area is 156 Å². The third kappa shape index (κ3) is 4.83. The normalized spacial score (nSPS) is 12.3. The van der Waals surface area contributed by atoms with Crippen LogP contribution in [0.1, 0.15) is 28.0 Å². The van der Waals surface area contributed by atoms with Gasteiger partial charge in [-0.1, -0.05) is 6.07 Å². The first kappa shape index (κ1) is 21.7. The van der Waals surface area contributed by atoms with E-state index in [0.29, 0.717) is 30.0 Å². The van der Waals surface area contributed by atoms with Crippen molar-refractivity contribution in [3.63, 3.8) is 0 Å². The van der Waals surface area contributed by atoms with Crippen LogP contribution in [0.25, 0.3) is 5.69 Å². The maximum Gasteiger partial charge on any atom is 0.434 e. The van der Waals surface area contributed by atoms with Crippen LogP contribution in [0.4, 0.5) is 26.3 Å². The smallest absolute Gasteiger partial charge is 0.385 e. The van der Waals surface area contributed by atoms with Crippen molar-refractivity contribution in [1.29, 1.82) is 0 Å². The lowest BCUT2D eigenvalue weighted by molar-refractivity contribution is -0.143. The Morgan fingerprint density at radius 1 is 1.18 bits per heavy atom. The molecule has 0 aliphatic rings. The van der Waals surface area contributed by atoms with E-state index in [9.17, 15) is 31.1 Å². The summed E-state index contributed by atoms with van der Waals surface area (Å²) in [5.74, 6) is -0.943. The summed E-state index contributed by atoms with van der Waals surface area (Å²) in [5.41, 5.74) is -3.76. The minimum absolute atomic E-state index is 0.138. The molecular formula is C17H17F6N3O2. The fourth-order valence-electron chi connectivity index (χ4n) is 2.54. The van der Waals surface area contributed by atoms with Gasteiger partial charge in [0.2, 0.25) is 0 Å². The molecule has 0 aliphatic heterocycles. The lowest BCUT2D eigenvalue weighted by Gasteiger charge is -2.18. The highest BCUT2D eigenvalue weighted by molar-refractivity contribution is 5.95. The molecule has 1 aromatic heterocycles. The van der Waals surface area contributed by atoms with Crippen LogP contribution in [-0.2, 0) is 17.1 Å². The number of aromatic nitrogens is 2. The van der Waals surface area contributed by atoms with Crippen molar-refractivity contribution in [2.75, 3.05) is 27.3 Å². The fourth-order valence-corrected chi connectivity index (χ4v) is 2.54. The second kappa shape index (κ2) is 8.21. The summed E-state index contributed by atoms with van der Waals surface area (Å²) in [6, 6.07) is 3.29. The van der Waals surface area contributed by atoms with E-state index in [0.717, 1.165) is 23.1 Å². The standard InChI is InChI=1S/C17H17F6N3O2/c1-25(7-4-8-28-2)15(27)13-10-24-26(14(13)17(21,22)23)12-6-3-5-11(9-12)16(18,19)20/h3,5-6,9-10H,4,7-8H2,1-2H3. The summed E-state index contributed by atoms with van der Waals surface area (Å²) >= 11 is 0. The molecule has 2 aromatic rings. The Morgan fingerprint density at radius 3 is 2.43 bits per heavy atom. The first-order valence-corrected chi connectivity index (χ1v) is 8.04. The predicted molar refractivity (Wildman–Crippen MR) is 87.0 cm³/mol. The van der Waals surface area contributed by atoms with Gasteiger partial charge in [-0.15, -0.1) is 0 Å². The molecule has 5 nitrogen and oxygen atoms in total. The molecule has 28 heavy (non-hydrogen) atoms. The SMILES string of the molecule is COCCCN(C)C(=O)c1cnn(-c2cccc(C(F)(F)F)c2)c1C(F)(F)F. The van der Waals surface area contributed by atoms with Crippen LogP contribution in [0.2, 0.25) is 0 Å². The second-order valence-corrected chi connectivity index (χ2v) is 5.94. The van der Waals surface area contributed by atoms with Crippen molar-refractivity contribution in [2.24, 2.45) is 0 Å². The number of methoxy groups -OCH3 is 1. The van der Waals surface area contributed by atoms with E-state index in [1.54, 1.807) is 0 Å². The highest BCUT2D eigenvalue weighted by Gasteiger charge is 2.41. The number of alkyl halides is 6. The van der Waals surface area contributed by atoms with Crippen LogP contribution < -0.4 is 0 Å². The number of nitrogens with zero attached hydrogens (tertiary/aromatic N) is 3. The minimum atomic E-state index is -5.01. The summed E-state index contributed by atoms with van der Waals surface area (Å²) in [6.07, 6.45) is -8.63. The summed E-state index contributed by atoms with van der Waals surface area (Å²) in [5, 5.41) is 3.53. The molecule has 0 saturated heterocycles. The Balaban J connectivity index is 2.48. The van der Waals surface area contributed by atoms with Crippen molar-refractivity contribution < 1.29 is 35.9 Å². The number of hydrogen-bond acceptors (Lipinski definition) is 3. The Bertz CT molecular complexity index is 829. The van der Waals surface area contributed by atoms with Gasteiger partial charge in [-0.2, -0.15) is 31.4 Å². The van der Waals surface area contributed by atoms with E-state index in [1.165, 1.54) is 14.2 Å². The van der Waals surface area contributed by atoms with Gasteiger partial charge in [0, 0.05) is 27.3 Å². The van der Waals surface area contributed by atoms with Gasteiger partial charge in [-0.25, -0.2) is 4.68 Å². The maximum absolute atomic E-state index is 13.6. The molecule has 1 aromatic carbocycles. The number of halogens is 6. The molecule has 0 N–H and O–H groups in total. The lowest BCUT2D eigenvalue weighted by atomic mass is 10.1. The van der Waals surface area contributed by atoms with Crippen LogP contribution in [0.5, 0.6) is 0 Å². The topological polar surface area (TPSA) is 47.4 Å². The molecule has 0 radical (unpaired) electrons. The Morgan fingerprint density at radius 2 is 1.86 bits per heavy atom. The summed E-state index contributed by atoms with van der Waals surface area (Å²) < 4.78 is 84.6. The molecule has 0 atom stereocenters. The fraction of sp³-hybridized carbons (Fsp3) is 0.412. The zero-order valence-corrected chi connectivity index (χ0v) is 14.9. The van der Waals surface area contributed by atoms with Crippen molar-refractivity contribution in [3.8, 4) is 5.69 Å². The first-order chi connectivity index (χ1) is 13.0. The van der Waals surface area contributed by atoms with Crippen molar-refractivity contribution in [1.82, 2.24) is 14.7 Å². The van der Waals surface area contributed by atoms with Gasteiger partial charge in [0.15, 0.2) is 5.69 Å². The second-order valence-electron chi connectivity index (χ2n) is 5.94. The number of carbonyl (C=O) groups is 1. The van der Waals surface area contributed by atoms with Crippen molar-refractivity contribution in [2.45, 2.75) is 18.8 Å². The summed E-state index contributed by atoms with van der Waals surface area (Å²) in [4.78, 5) is 13.5. The van der Waals surface area contributed by atoms with E-state index >= 15 is 0 Å². The molecule has 2 rings (SSSR count). The molecule has 154 valence electrons. The van der Waals surface area contributed by atoms with Crippen LogP contribution in [-0.4, -0.2) is 47.9 Å². The number of benzene rings is 1. The van der Waals surface area contributed by atoms with Crippen LogP contribution >= 0.6 is 0 Å². The number of carbonyl (C=O) groups excluding carboxylic acids is 1. The van der Waals surface area contributed by atoms with Gasteiger partial charge in [-0.3, -0.25) is 4.79 Å². The van der Waals surface area contributed by atoms with Gasteiger partial charge >= 0.3 is 12.4 Å². The third-order valence-corrected chi connectivity index (χ3v) is 3.87. The number of ether oxygens (including phenoxy) is 1. The molecule has 0 bridgehead atoms. The monoisotopic (exact) mass is 409 g/mol. The molecule has 0 unspecified atom stereocenters. The largest absolute Gasteiger partial charge is 0.434 e. The Kier molecular flexibility index (Phi) is 6.37. The zero-order valence-electron chi connectivity index (χ0n) is 14.9. The highest BCUT2D eigenvalue weighted by atomic mass is 19.4. The van der Waals surface area contributed by atoms with Crippen molar-refractivity contribution >= 4 is 5.91 Å². The van der Waals surface area contributed by atoms with Gasteiger partial charge in [0.25, 0.3) is 5.91 Å². The molecular weight excluding hydrogens is 392 g/mol. The lowest BCUT2D eigenvalue weighted by Crippen LogP contribution is -2.30. The molecule has 11 heteroatoms. The van der Waals surface area contributed by atoms with Gasteiger partial charge < -0.3 is 9.64 Å². The first-order valence-electron chi connectivity index (χ1n) is 8.04. The molecule has 0 saturated carbocycles. The number of amides is 1. The van der Waals surface area contributed by atoms with Gasteiger partial charge in [-0.05, 0) is 24.6 Å². The maximum atomic E-state index is 13.6. The van der Waals surface area contributed by atoms with Gasteiger partial charge in [0.05, 0.1) is 23.0 Å². The Hall–Kier alpha value is -2.56. The van der Waals surface area contributed by atoms with E-state index < -0.39 is 40.8 Å². The van der Waals surface area contributed by atoms with E-state index in [4.69, 9.17) is 4.74 Å². The molecule has 0 fully saturated rings. The molecule has 1 amide bonds. The third-order valence-electron chi connectivity index (χ3n) is 3.87.